The Kier molecular flexibility index (Phi) is 13.3. The van der Waals surface area contributed by atoms with Crippen molar-refractivity contribution in [2.75, 3.05) is 19.8 Å². The largest absolute Gasteiger partial charge is 0.394 e. The zero-order valence-corrected chi connectivity index (χ0v) is 26.4. The number of hydrogen-bond acceptors (Lipinski definition) is 15. The van der Waals surface area contributed by atoms with Crippen LogP contribution in [0.5, 0.6) is 0 Å². The van der Waals surface area contributed by atoms with Crippen LogP contribution in [0.15, 0.2) is 60.7 Å². The molecule has 0 aromatic heterocycles. The van der Waals surface area contributed by atoms with Gasteiger partial charge in [0, 0.05) is 0 Å². The van der Waals surface area contributed by atoms with Crippen LogP contribution in [-0.2, 0) is 46.4 Å². The first-order valence-corrected chi connectivity index (χ1v) is 16.0. The molecule has 3 saturated heterocycles. The minimum absolute atomic E-state index is 0.0361. The Balaban J connectivity index is 1.37. The molecular formula is C33H46O15. The van der Waals surface area contributed by atoms with Gasteiger partial charge in [0.25, 0.3) is 0 Å². The van der Waals surface area contributed by atoms with Crippen molar-refractivity contribution in [2.24, 2.45) is 0 Å². The Hall–Kier alpha value is -2.16. The van der Waals surface area contributed by atoms with E-state index >= 15 is 0 Å². The molecule has 3 heterocycles. The van der Waals surface area contributed by atoms with Crippen molar-refractivity contribution >= 4 is 0 Å². The molecule has 268 valence electrons. The standard InChI is InChI=1S/C33H46O15/c1-17-23(36)26(39)29(42-14-18-8-4-2-5-9-18)22(45-17)16-43-31-28(41)32(44-15-19-10-6-3-7-11-19)47-21(13-35)30(31)48-33-27(40)25(38)24(37)20(12-34)46-33/h2-11,17,20-41H,12-16H2,1H3/t17?,20-,21?,22-,23+,24-,25?,26-,27?,28?,29?,30+,31+,32?,33-/m0/s1. The van der Waals surface area contributed by atoms with Crippen LogP contribution in [0.3, 0.4) is 0 Å². The second-order valence-corrected chi connectivity index (χ2v) is 12.2. The molecule has 15 nitrogen and oxygen atoms in total. The van der Waals surface area contributed by atoms with Crippen LogP contribution in [0.4, 0.5) is 0 Å². The fourth-order valence-electron chi connectivity index (χ4n) is 6.06. The molecule has 0 bridgehead atoms. The summed E-state index contributed by atoms with van der Waals surface area (Å²) in [7, 11) is 0. The van der Waals surface area contributed by atoms with Crippen LogP contribution < -0.4 is 0 Å². The van der Waals surface area contributed by atoms with E-state index in [0.717, 1.165) is 11.1 Å². The van der Waals surface area contributed by atoms with E-state index in [4.69, 9.17) is 33.2 Å². The van der Waals surface area contributed by atoms with Gasteiger partial charge in [0.15, 0.2) is 12.6 Å². The maximum absolute atomic E-state index is 11.5. The van der Waals surface area contributed by atoms with Crippen molar-refractivity contribution in [3.63, 3.8) is 0 Å². The van der Waals surface area contributed by atoms with E-state index in [-0.39, 0.29) is 19.8 Å². The van der Waals surface area contributed by atoms with Gasteiger partial charge in [-0.3, -0.25) is 0 Å². The van der Waals surface area contributed by atoms with Gasteiger partial charge in [0.2, 0.25) is 0 Å². The molecule has 0 aliphatic carbocycles. The number of ether oxygens (including phenoxy) is 7. The van der Waals surface area contributed by atoms with Crippen molar-refractivity contribution < 1.29 is 74.0 Å². The highest BCUT2D eigenvalue weighted by molar-refractivity contribution is 5.14. The van der Waals surface area contributed by atoms with E-state index in [9.17, 15) is 40.9 Å². The van der Waals surface area contributed by atoms with Crippen LogP contribution in [-0.4, -0.2) is 153 Å². The average molecular weight is 683 g/mol. The summed E-state index contributed by atoms with van der Waals surface area (Å²) in [5.74, 6) is 0. The number of rotatable bonds is 13. The first-order valence-electron chi connectivity index (χ1n) is 16.0. The van der Waals surface area contributed by atoms with Crippen LogP contribution in [0, 0.1) is 0 Å². The van der Waals surface area contributed by atoms with Crippen LogP contribution in [0.2, 0.25) is 0 Å². The molecule has 8 N–H and O–H groups in total. The highest BCUT2D eigenvalue weighted by atomic mass is 16.7. The highest BCUT2D eigenvalue weighted by Crippen LogP contribution is 2.33. The maximum atomic E-state index is 11.5. The van der Waals surface area contributed by atoms with E-state index < -0.39 is 105 Å². The Bertz CT molecular complexity index is 1220. The fraction of sp³-hybridized carbons (Fsp3) is 0.636. The number of benzene rings is 2. The van der Waals surface area contributed by atoms with Crippen LogP contribution >= 0.6 is 0 Å². The van der Waals surface area contributed by atoms with Gasteiger partial charge < -0.3 is 74.0 Å². The van der Waals surface area contributed by atoms with Crippen molar-refractivity contribution in [1.82, 2.24) is 0 Å². The van der Waals surface area contributed by atoms with E-state index in [0.29, 0.717) is 0 Å². The molecule has 3 fully saturated rings. The molecule has 7 unspecified atom stereocenters. The molecule has 0 amide bonds. The second-order valence-electron chi connectivity index (χ2n) is 12.2. The summed E-state index contributed by atoms with van der Waals surface area (Å²) in [6, 6.07) is 18.3. The molecule has 15 atom stereocenters. The lowest BCUT2D eigenvalue weighted by atomic mass is 9.95. The number of aliphatic hydroxyl groups excluding tert-OH is 8. The van der Waals surface area contributed by atoms with E-state index in [1.165, 1.54) is 0 Å². The Labute approximate surface area is 277 Å². The molecule has 0 saturated carbocycles. The normalized spacial score (nSPS) is 40.5. The fourth-order valence-corrected chi connectivity index (χ4v) is 6.06. The minimum Gasteiger partial charge on any atom is -0.394 e. The van der Waals surface area contributed by atoms with Gasteiger partial charge in [0.1, 0.15) is 73.2 Å². The molecule has 5 rings (SSSR count). The minimum atomic E-state index is -1.79. The van der Waals surface area contributed by atoms with Gasteiger partial charge in [-0.05, 0) is 18.1 Å². The summed E-state index contributed by atoms with van der Waals surface area (Å²) in [6.45, 7) is 0.0293. The summed E-state index contributed by atoms with van der Waals surface area (Å²) >= 11 is 0. The number of hydrogen-bond donors (Lipinski definition) is 8. The lowest BCUT2D eigenvalue weighted by Crippen LogP contribution is -2.65. The van der Waals surface area contributed by atoms with E-state index in [1.807, 2.05) is 60.7 Å². The third-order valence-corrected chi connectivity index (χ3v) is 8.85. The summed E-state index contributed by atoms with van der Waals surface area (Å²) < 4.78 is 41.5. The lowest BCUT2D eigenvalue weighted by molar-refractivity contribution is -0.366. The summed E-state index contributed by atoms with van der Waals surface area (Å²) in [4.78, 5) is 0. The Morgan fingerprint density at radius 1 is 0.521 bits per heavy atom. The molecule has 3 aliphatic heterocycles. The zero-order chi connectivity index (χ0) is 34.4. The van der Waals surface area contributed by atoms with Crippen molar-refractivity contribution in [1.29, 1.82) is 0 Å². The molecule has 2 aromatic carbocycles. The zero-order valence-electron chi connectivity index (χ0n) is 26.4. The molecule has 3 aliphatic rings. The SMILES string of the molecule is CC1O[C@@H](CO[C@@H]2C(O)C(OCc3ccccc3)OC(CO)[C@H]2O[C@@H]2O[C@@H](CO)[C@H](O)C(O)C2O)C(OCc2ccccc2)[C@@H](O)[C@@H]1O. The smallest absolute Gasteiger partial charge is 0.187 e. The summed E-state index contributed by atoms with van der Waals surface area (Å²) in [5, 5.41) is 84.3. The molecular weight excluding hydrogens is 636 g/mol. The van der Waals surface area contributed by atoms with Gasteiger partial charge in [-0.2, -0.15) is 0 Å². The van der Waals surface area contributed by atoms with Crippen LogP contribution in [0.1, 0.15) is 18.1 Å². The van der Waals surface area contributed by atoms with E-state index in [1.54, 1.807) is 6.92 Å². The average Bonchev–Trinajstić information content (AvgIpc) is 3.10. The van der Waals surface area contributed by atoms with Crippen molar-refractivity contribution in [3.05, 3.63) is 71.8 Å². The maximum Gasteiger partial charge on any atom is 0.187 e. The first kappa shape index (κ1) is 37.1. The monoisotopic (exact) mass is 682 g/mol. The van der Waals surface area contributed by atoms with Gasteiger partial charge in [-0.15, -0.1) is 0 Å². The summed E-state index contributed by atoms with van der Waals surface area (Å²) in [6.07, 6.45) is -20.4. The Morgan fingerprint density at radius 2 is 1.10 bits per heavy atom. The molecule has 15 heteroatoms. The van der Waals surface area contributed by atoms with E-state index in [2.05, 4.69) is 0 Å². The predicted octanol–water partition coefficient (Wildman–Crippen LogP) is -2.05. The van der Waals surface area contributed by atoms with Crippen molar-refractivity contribution in [3.8, 4) is 0 Å². The molecule has 2 aromatic rings. The van der Waals surface area contributed by atoms with Crippen molar-refractivity contribution in [2.45, 2.75) is 112 Å². The lowest BCUT2D eigenvalue weighted by Gasteiger charge is -2.48. The quantitative estimate of drug-likeness (QED) is 0.114. The van der Waals surface area contributed by atoms with Gasteiger partial charge in [-0.1, -0.05) is 60.7 Å². The van der Waals surface area contributed by atoms with Gasteiger partial charge >= 0.3 is 0 Å². The van der Waals surface area contributed by atoms with Crippen LogP contribution in [0.25, 0.3) is 0 Å². The molecule has 48 heavy (non-hydrogen) atoms. The molecule has 0 radical (unpaired) electrons. The third-order valence-electron chi connectivity index (χ3n) is 8.85. The summed E-state index contributed by atoms with van der Waals surface area (Å²) in [5.41, 5.74) is 1.59. The topological polar surface area (TPSA) is 226 Å². The third kappa shape index (κ3) is 8.58. The highest BCUT2D eigenvalue weighted by Gasteiger charge is 2.52. The van der Waals surface area contributed by atoms with Gasteiger partial charge in [0.05, 0.1) is 39.1 Å². The second kappa shape index (κ2) is 17.2. The number of aliphatic hydroxyl groups is 8. The van der Waals surface area contributed by atoms with Gasteiger partial charge in [-0.25, -0.2) is 0 Å². The predicted molar refractivity (Wildman–Crippen MR) is 163 cm³/mol. The Morgan fingerprint density at radius 3 is 1.71 bits per heavy atom. The molecule has 0 spiro atoms. The first-order chi connectivity index (χ1) is 23.1.